The maximum Gasteiger partial charge on any atom is 0.407 e. The van der Waals surface area contributed by atoms with Crippen LogP contribution in [-0.2, 0) is 5.41 Å². The van der Waals surface area contributed by atoms with Gasteiger partial charge < -0.3 is 25.1 Å². The number of nitrogens with zero attached hydrogens (tertiary/aromatic N) is 5. The maximum atomic E-state index is 13.4. The van der Waals surface area contributed by atoms with Crippen LogP contribution in [0.3, 0.4) is 0 Å². The van der Waals surface area contributed by atoms with Gasteiger partial charge in [-0.05, 0) is 24.6 Å². The number of aromatic nitrogens is 2. The third-order valence-corrected chi connectivity index (χ3v) is 5.50. The predicted octanol–water partition coefficient (Wildman–Crippen LogP) is 2.89. The maximum absolute atomic E-state index is 13.4. The number of amides is 2. The summed E-state index contributed by atoms with van der Waals surface area (Å²) in [6, 6.07) is 7.73. The Morgan fingerprint density at radius 3 is 2.74 bits per heavy atom. The van der Waals surface area contributed by atoms with Gasteiger partial charge in [-0.25, -0.2) is 9.78 Å². The van der Waals surface area contributed by atoms with Crippen molar-refractivity contribution in [3.63, 3.8) is 0 Å². The van der Waals surface area contributed by atoms with Gasteiger partial charge in [-0.15, -0.1) is 0 Å². The molecule has 9 nitrogen and oxygen atoms in total. The van der Waals surface area contributed by atoms with Gasteiger partial charge in [-0.3, -0.25) is 4.79 Å². The highest BCUT2D eigenvalue weighted by atomic mass is 16.4. The number of carboxylic acid groups (broad SMARTS) is 1. The Hall–Kier alpha value is -3.36. The van der Waals surface area contributed by atoms with E-state index in [1.807, 2.05) is 57.0 Å². The summed E-state index contributed by atoms with van der Waals surface area (Å²) < 4.78 is 0. The lowest BCUT2D eigenvalue weighted by atomic mass is 9.84. The summed E-state index contributed by atoms with van der Waals surface area (Å²) in [4.78, 5) is 38.4. The number of anilines is 3. The number of hydrogen-bond acceptors (Lipinski definition) is 6. The molecule has 0 saturated carbocycles. The molecule has 1 aliphatic rings. The molecule has 1 aromatic heterocycles. The van der Waals surface area contributed by atoms with Crippen LogP contribution >= 0.6 is 0 Å². The minimum atomic E-state index is -0.969. The molecule has 0 fully saturated rings. The van der Waals surface area contributed by atoms with Gasteiger partial charge in [-0.2, -0.15) is 4.98 Å². The van der Waals surface area contributed by atoms with Crippen LogP contribution in [0.4, 0.5) is 22.2 Å². The fourth-order valence-corrected chi connectivity index (χ4v) is 3.75. The second kappa shape index (κ2) is 8.79. The highest BCUT2D eigenvalue weighted by Crippen LogP contribution is 2.30. The van der Waals surface area contributed by atoms with Crippen LogP contribution in [0.15, 0.2) is 30.5 Å². The summed E-state index contributed by atoms with van der Waals surface area (Å²) in [5.74, 6) is 0.957. The minimum absolute atomic E-state index is 0.153. The first-order valence-corrected chi connectivity index (χ1v) is 10.3. The van der Waals surface area contributed by atoms with Crippen LogP contribution in [0.2, 0.25) is 0 Å². The molecule has 9 heteroatoms. The van der Waals surface area contributed by atoms with Crippen LogP contribution in [0.5, 0.6) is 0 Å². The van der Waals surface area contributed by atoms with Crippen molar-refractivity contribution in [1.82, 2.24) is 14.9 Å². The average molecular weight is 427 g/mol. The molecular weight excluding hydrogens is 396 g/mol. The Labute approximate surface area is 182 Å². The van der Waals surface area contributed by atoms with E-state index in [0.717, 1.165) is 11.3 Å². The van der Waals surface area contributed by atoms with Gasteiger partial charge in [0, 0.05) is 57.6 Å². The van der Waals surface area contributed by atoms with Crippen LogP contribution in [-0.4, -0.2) is 72.2 Å². The Morgan fingerprint density at radius 2 is 2.06 bits per heavy atom. The van der Waals surface area contributed by atoms with E-state index in [0.29, 0.717) is 43.5 Å². The molecule has 0 atom stereocenters. The highest BCUT2D eigenvalue weighted by molar-refractivity contribution is 6.09. The van der Waals surface area contributed by atoms with Crippen LogP contribution < -0.4 is 15.1 Å². The third-order valence-electron chi connectivity index (χ3n) is 5.50. The molecule has 0 saturated heterocycles. The second-order valence-corrected chi connectivity index (χ2v) is 8.41. The number of carbonyl (C=O) groups excluding carboxylic acids is 1. The Balaban J connectivity index is 1.93. The zero-order valence-corrected chi connectivity index (χ0v) is 18.7. The van der Waals surface area contributed by atoms with E-state index >= 15 is 0 Å². The van der Waals surface area contributed by atoms with Gasteiger partial charge >= 0.3 is 6.09 Å². The molecule has 0 unspecified atom stereocenters. The number of carbonyl (C=O) groups is 2. The SMILES string of the molecule is CCNc1ncc2c(n1)N(C)CCN(c1cccc(C(C)(C)CN(C)C(=O)O)c1)C2=O. The van der Waals surface area contributed by atoms with Gasteiger partial charge in [0.1, 0.15) is 11.4 Å². The molecule has 166 valence electrons. The molecular formula is C22H30N6O3. The summed E-state index contributed by atoms with van der Waals surface area (Å²) in [5, 5.41) is 12.3. The molecule has 3 rings (SSSR count). The van der Waals surface area contributed by atoms with Crippen LogP contribution in [0.1, 0.15) is 36.7 Å². The number of fused-ring (bicyclic) bond motifs is 1. The number of benzene rings is 1. The molecule has 1 aliphatic heterocycles. The van der Waals surface area contributed by atoms with Gasteiger partial charge in [0.2, 0.25) is 5.95 Å². The van der Waals surface area contributed by atoms with Gasteiger partial charge in [-0.1, -0.05) is 26.0 Å². The Morgan fingerprint density at radius 1 is 1.32 bits per heavy atom. The van der Waals surface area contributed by atoms with Crippen molar-refractivity contribution in [1.29, 1.82) is 0 Å². The summed E-state index contributed by atoms with van der Waals surface area (Å²) in [6.45, 7) is 8.12. The monoisotopic (exact) mass is 426 g/mol. The van der Waals surface area contributed by atoms with Gasteiger partial charge in [0.15, 0.2) is 0 Å². The number of likely N-dealkylation sites (N-methyl/N-ethyl adjacent to an activating group) is 2. The van der Waals surface area contributed by atoms with Crippen molar-refractivity contribution in [2.24, 2.45) is 0 Å². The van der Waals surface area contributed by atoms with E-state index in [4.69, 9.17) is 0 Å². The number of rotatable bonds is 6. The quantitative estimate of drug-likeness (QED) is 0.732. The fraction of sp³-hybridized carbons (Fsp3) is 0.455. The lowest BCUT2D eigenvalue weighted by molar-refractivity contribution is 0.0989. The minimum Gasteiger partial charge on any atom is -0.465 e. The summed E-state index contributed by atoms with van der Waals surface area (Å²) in [7, 11) is 3.47. The summed E-state index contributed by atoms with van der Waals surface area (Å²) >= 11 is 0. The van der Waals surface area contributed by atoms with Crippen LogP contribution in [0, 0.1) is 0 Å². The molecule has 2 heterocycles. The van der Waals surface area contributed by atoms with Crippen molar-refractivity contribution >= 4 is 29.5 Å². The van der Waals surface area contributed by atoms with Crippen LogP contribution in [0.25, 0.3) is 0 Å². The molecule has 2 amide bonds. The Bertz CT molecular complexity index is 977. The first-order valence-electron chi connectivity index (χ1n) is 10.3. The zero-order valence-electron chi connectivity index (χ0n) is 18.7. The molecule has 1 aromatic carbocycles. The largest absolute Gasteiger partial charge is 0.465 e. The van der Waals surface area contributed by atoms with E-state index in [-0.39, 0.29) is 5.91 Å². The average Bonchev–Trinajstić information content (AvgIpc) is 2.85. The smallest absolute Gasteiger partial charge is 0.407 e. The number of nitrogens with one attached hydrogen (secondary N) is 1. The van der Waals surface area contributed by atoms with Crippen molar-refractivity contribution in [2.75, 3.05) is 55.4 Å². The second-order valence-electron chi connectivity index (χ2n) is 8.41. The Kier molecular flexibility index (Phi) is 6.33. The first-order chi connectivity index (χ1) is 14.6. The van der Waals surface area contributed by atoms with E-state index in [1.165, 1.54) is 4.90 Å². The van der Waals surface area contributed by atoms with Gasteiger partial charge in [0.25, 0.3) is 5.91 Å². The zero-order chi connectivity index (χ0) is 22.8. The number of hydrogen-bond donors (Lipinski definition) is 2. The summed E-state index contributed by atoms with van der Waals surface area (Å²) in [6.07, 6.45) is 0.607. The fourth-order valence-electron chi connectivity index (χ4n) is 3.75. The molecule has 0 bridgehead atoms. The molecule has 31 heavy (non-hydrogen) atoms. The van der Waals surface area contributed by atoms with Crippen molar-refractivity contribution in [3.05, 3.63) is 41.6 Å². The van der Waals surface area contributed by atoms with Crippen molar-refractivity contribution < 1.29 is 14.7 Å². The van der Waals surface area contributed by atoms with Crippen molar-refractivity contribution in [3.8, 4) is 0 Å². The molecule has 0 spiro atoms. The van der Waals surface area contributed by atoms with E-state index in [1.54, 1.807) is 18.1 Å². The normalized spacial score (nSPS) is 14.2. The van der Waals surface area contributed by atoms with E-state index in [9.17, 15) is 14.7 Å². The first kappa shape index (κ1) is 22.3. The van der Waals surface area contributed by atoms with Gasteiger partial charge in [0.05, 0.1) is 0 Å². The summed E-state index contributed by atoms with van der Waals surface area (Å²) in [5.41, 5.74) is 1.77. The van der Waals surface area contributed by atoms with Crippen molar-refractivity contribution in [2.45, 2.75) is 26.2 Å². The predicted molar refractivity (Wildman–Crippen MR) is 121 cm³/mol. The molecule has 0 radical (unpaired) electrons. The molecule has 0 aliphatic carbocycles. The topological polar surface area (TPSA) is 102 Å². The standard InChI is InChI=1S/C22H30N6O3/c1-6-23-20-24-13-17-18(25-20)26(4)10-11-28(19(17)29)16-9-7-8-15(12-16)22(2,3)14-27(5)21(30)31/h7-9,12-13H,6,10-11,14H2,1-5H3,(H,30,31)(H,23,24,25). The van der Waals surface area contributed by atoms with E-state index in [2.05, 4.69) is 15.3 Å². The lowest BCUT2D eigenvalue weighted by Crippen LogP contribution is -2.38. The molecule has 2 aromatic rings. The third kappa shape index (κ3) is 4.70. The highest BCUT2D eigenvalue weighted by Gasteiger charge is 2.30. The lowest BCUT2D eigenvalue weighted by Gasteiger charge is -2.31. The molecule has 2 N–H and O–H groups in total. The van der Waals surface area contributed by atoms with E-state index < -0.39 is 11.5 Å².